The van der Waals surface area contributed by atoms with Crippen molar-refractivity contribution in [2.45, 2.75) is 39.5 Å². The van der Waals surface area contributed by atoms with Crippen molar-refractivity contribution >= 4 is 32.8 Å². The summed E-state index contributed by atoms with van der Waals surface area (Å²) in [7, 11) is 0. The molecular formula is C28H25NO. The number of benzene rings is 3. The van der Waals surface area contributed by atoms with Crippen LogP contribution in [0.15, 0.2) is 65.1 Å². The van der Waals surface area contributed by atoms with Gasteiger partial charge in [-0.05, 0) is 47.2 Å². The number of hydrogen-bond donors (Lipinski definition) is 0. The second-order valence-electron chi connectivity index (χ2n) is 9.56. The normalized spacial score (nSPS) is 14.7. The summed E-state index contributed by atoms with van der Waals surface area (Å²) >= 11 is 0. The molecule has 2 heteroatoms. The quantitative estimate of drug-likeness (QED) is 0.309. The Kier molecular flexibility index (Phi) is 3.51. The highest BCUT2D eigenvalue weighted by molar-refractivity contribution is 6.16. The highest BCUT2D eigenvalue weighted by Crippen LogP contribution is 2.50. The lowest BCUT2D eigenvalue weighted by Gasteiger charge is -2.28. The summed E-state index contributed by atoms with van der Waals surface area (Å²) < 4.78 is 6.51. The SMILES string of the molecule is CC(C)Cc1ccc2c3c1oc1cccc(c13)-c1nc3ccccc3cc1C2(C)C. The molecule has 0 unspecified atom stereocenters. The second-order valence-corrected chi connectivity index (χ2v) is 9.56. The van der Waals surface area contributed by atoms with E-state index in [9.17, 15) is 0 Å². The molecule has 0 radical (unpaired) electrons. The molecule has 0 aliphatic heterocycles. The molecule has 5 aromatic rings. The van der Waals surface area contributed by atoms with Gasteiger partial charge < -0.3 is 4.42 Å². The van der Waals surface area contributed by atoms with Crippen LogP contribution in [0.1, 0.15) is 44.4 Å². The Morgan fingerprint density at radius 2 is 1.73 bits per heavy atom. The molecule has 2 aromatic heterocycles. The van der Waals surface area contributed by atoms with Crippen LogP contribution in [0.2, 0.25) is 0 Å². The lowest BCUT2D eigenvalue weighted by molar-refractivity contribution is 0.618. The van der Waals surface area contributed by atoms with Crippen LogP contribution in [0.5, 0.6) is 0 Å². The zero-order valence-electron chi connectivity index (χ0n) is 17.9. The largest absolute Gasteiger partial charge is 0.456 e. The Bertz CT molecular complexity index is 1470. The van der Waals surface area contributed by atoms with E-state index in [4.69, 9.17) is 9.40 Å². The smallest absolute Gasteiger partial charge is 0.138 e. The highest BCUT2D eigenvalue weighted by atomic mass is 16.3. The molecule has 0 bridgehead atoms. The van der Waals surface area contributed by atoms with Crippen molar-refractivity contribution in [3.05, 3.63) is 77.4 Å². The molecule has 2 heterocycles. The molecule has 0 spiro atoms. The third-order valence-electron chi connectivity index (χ3n) is 6.68. The summed E-state index contributed by atoms with van der Waals surface area (Å²) in [6.45, 7) is 9.18. The molecule has 0 amide bonds. The average molecular weight is 392 g/mol. The van der Waals surface area contributed by atoms with Crippen molar-refractivity contribution in [3.63, 3.8) is 0 Å². The number of fused-ring (bicyclic) bond motifs is 3. The fourth-order valence-electron chi connectivity index (χ4n) is 5.24. The molecule has 0 saturated carbocycles. The van der Waals surface area contributed by atoms with Gasteiger partial charge in [0.15, 0.2) is 0 Å². The summed E-state index contributed by atoms with van der Waals surface area (Å²) in [5, 5.41) is 3.67. The van der Waals surface area contributed by atoms with E-state index in [0.29, 0.717) is 5.92 Å². The van der Waals surface area contributed by atoms with Crippen molar-refractivity contribution in [1.82, 2.24) is 4.98 Å². The first-order valence-electron chi connectivity index (χ1n) is 10.8. The van der Waals surface area contributed by atoms with E-state index in [1.165, 1.54) is 38.4 Å². The first-order chi connectivity index (χ1) is 14.4. The maximum absolute atomic E-state index is 6.51. The average Bonchev–Trinajstić information content (AvgIpc) is 3.09. The number of rotatable bonds is 2. The van der Waals surface area contributed by atoms with Crippen LogP contribution in [0.3, 0.4) is 0 Å². The predicted molar refractivity (Wildman–Crippen MR) is 125 cm³/mol. The molecule has 1 aliphatic rings. The Labute approximate surface area is 176 Å². The maximum atomic E-state index is 6.51. The van der Waals surface area contributed by atoms with E-state index in [1.54, 1.807) is 0 Å². The lowest BCUT2D eigenvalue weighted by Crippen LogP contribution is -2.20. The van der Waals surface area contributed by atoms with Crippen LogP contribution in [0.25, 0.3) is 44.1 Å². The van der Waals surface area contributed by atoms with E-state index >= 15 is 0 Å². The summed E-state index contributed by atoms with van der Waals surface area (Å²) in [5.74, 6) is 0.578. The number of para-hydroxylation sites is 1. The molecule has 0 fully saturated rings. The molecule has 0 N–H and O–H groups in total. The molecule has 0 atom stereocenters. The highest BCUT2D eigenvalue weighted by Gasteiger charge is 2.35. The minimum absolute atomic E-state index is 0.184. The van der Waals surface area contributed by atoms with Crippen LogP contribution < -0.4 is 0 Å². The molecule has 3 aromatic carbocycles. The molecule has 6 rings (SSSR count). The number of aromatic nitrogens is 1. The fourth-order valence-corrected chi connectivity index (χ4v) is 5.24. The molecule has 30 heavy (non-hydrogen) atoms. The van der Waals surface area contributed by atoms with Gasteiger partial charge in [0.05, 0.1) is 11.2 Å². The van der Waals surface area contributed by atoms with Gasteiger partial charge in [0.1, 0.15) is 11.2 Å². The monoisotopic (exact) mass is 391 g/mol. The van der Waals surface area contributed by atoms with Crippen molar-refractivity contribution in [3.8, 4) is 11.3 Å². The fraction of sp³-hybridized carbons (Fsp3) is 0.250. The van der Waals surface area contributed by atoms with Gasteiger partial charge >= 0.3 is 0 Å². The number of furan rings is 1. The van der Waals surface area contributed by atoms with Gasteiger partial charge in [0.25, 0.3) is 0 Å². The van der Waals surface area contributed by atoms with Crippen molar-refractivity contribution in [1.29, 1.82) is 0 Å². The Hall–Kier alpha value is -3.13. The Morgan fingerprint density at radius 3 is 2.57 bits per heavy atom. The Morgan fingerprint density at radius 1 is 0.900 bits per heavy atom. The summed E-state index contributed by atoms with van der Waals surface area (Å²) in [4.78, 5) is 5.18. The van der Waals surface area contributed by atoms with E-state index < -0.39 is 0 Å². The summed E-state index contributed by atoms with van der Waals surface area (Å²) in [6, 6.07) is 21.8. The van der Waals surface area contributed by atoms with E-state index in [-0.39, 0.29) is 5.41 Å². The summed E-state index contributed by atoms with van der Waals surface area (Å²) in [5.41, 5.74) is 9.02. The standard InChI is InChI=1S/C28H25NO/c1-16(2)14-18-12-13-20-25-24-19(9-7-11-23(24)30-27(18)25)26-21(28(20,3)4)15-17-8-5-6-10-22(17)29-26/h5-13,15-16H,14H2,1-4H3. The predicted octanol–water partition coefficient (Wildman–Crippen LogP) is 7.64. The van der Waals surface area contributed by atoms with Crippen LogP contribution >= 0.6 is 0 Å². The third-order valence-corrected chi connectivity index (χ3v) is 6.68. The van der Waals surface area contributed by atoms with Crippen LogP contribution in [0, 0.1) is 5.92 Å². The number of pyridine rings is 1. The first kappa shape index (κ1) is 17.7. The Balaban J connectivity index is 1.82. The van der Waals surface area contributed by atoms with Gasteiger partial charge in [-0.1, -0.05) is 70.2 Å². The minimum Gasteiger partial charge on any atom is -0.456 e. The molecule has 0 saturated heterocycles. The summed E-state index contributed by atoms with van der Waals surface area (Å²) in [6.07, 6.45) is 1.02. The van der Waals surface area contributed by atoms with Crippen molar-refractivity contribution in [2.75, 3.05) is 0 Å². The topological polar surface area (TPSA) is 26.0 Å². The first-order valence-corrected chi connectivity index (χ1v) is 10.8. The van der Waals surface area contributed by atoms with Crippen LogP contribution in [-0.4, -0.2) is 4.98 Å². The molecule has 1 aliphatic carbocycles. The van der Waals surface area contributed by atoms with Gasteiger partial charge in [-0.25, -0.2) is 4.98 Å². The van der Waals surface area contributed by atoms with E-state index in [0.717, 1.165) is 28.8 Å². The van der Waals surface area contributed by atoms with Crippen LogP contribution in [0.4, 0.5) is 0 Å². The molecule has 148 valence electrons. The van der Waals surface area contributed by atoms with Crippen molar-refractivity contribution < 1.29 is 4.42 Å². The van der Waals surface area contributed by atoms with Gasteiger partial charge in [0, 0.05) is 27.1 Å². The molecular weight excluding hydrogens is 366 g/mol. The van der Waals surface area contributed by atoms with Crippen molar-refractivity contribution in [2.24, 2.45) is 5.92 Å². The van der Waals surface area contributed by atoms with Gasteiger partial charge in [0.2, 0.25) is 0 Å². The maximum Gasteiger partial charge on any atom is 0.138 e. The van der Waals surface area contributed by atoms with Gasteiger partial charge in [-0.15, -0.1) is 0 Å². The van der Waals surface area contributed by atoms with Gasteiger partial charge in [-0.3, -0.25) is 0 Å². The zero-order chi connectivity index (χ0) is 20.6. The number of nitrogens with zero attached hydrogens (tertiary/aromatic N) is 1. The van der Waals surface area contributed by atoms with E-state index in [1.807, 2.05) is 0 Å². The lowest BCUT2D eigenvalue weighted by atomic mass is 9.76. The second kappa shape index (κ2) is 5.95. The van der Waals surface area contributed by atoms with E-state index in [2.05, 4.69) is 88.4 Å². The number of hydrogen-bond acceptors (Lipinski definition) is 2. The molecule has 2 nitrogen and oxygen atoms in total. The van der Waals surface area contributed by atoms with Gasteiger partial charge in [-0.2, -0.15) is 0 Å². The zero-order valence-corrected chi connectivity index (χ0v) is 17.9. The minimum atomic E-state index is -0.184. The third kappa shape index (κ3) is 2.28. The van der Waals surface area contributed by atoms with Crippen LogP contribution in [-0.2, 0) is 11.8 Å².